The molecule has 10 nitrogen and oxygen atoms in total. The number of nitro benzene ring substituents is 1. The molecule has 3 aromatic rings. The van der Waals surface area contributed by atoms with Crippen LogP contribution in [0.1, 0.15) is 31.3 Å². The molecule has 0 aliphatic carbocycles. The molecule has 1 fully saturated rings. The molecule has 0 bridgehead atoms. The fourth-order valence-corrected chi connectivity index (χ4v) is 4.56. The van der Waals surface area contributed by atoms with Crippen LogP contribution in [0.2, 0.25) is 5.02 Å². The Morgan fingerprint density at radius 1 is 1.05 bits per heavy atom. The van der Waals surface area contributed by atoms with Crippen molar-refractivity contribution in [2.45, 2.75) is 20.8 Å². The molecular weight excluding hydrogens is 512 g/mol. The average molecular weight is 541 g/mol. The summed E-state index contributed by atoms with van der Waals surface area (Å²) in [6.45, 7) is 8.27. The minimum atomic E-state index is -0.536. The number of ether oxygens (including phenoxy) is 1. The number of methoxy groups -OCH3 is 1. The van der Waals surface area contributed by atoms with E-state index in [-0.39, 0.29) is 28.7 Å². The fraction of sp³-hybridized carbons (Fsp3) is 0.333. The van der Waals surface area contributed by atoms with Crippen LogP contribution in [0, 0.1) is 15.5 Å². The molecule has 0 radical (unpaired) electrons. The lowest BCUT2D eigenvalue weighted by molar-refractivity contribution is -0.384. The van der Waals surface area contributed by atoms with Gasteiger partial charge in [-0.1, -0.05) is 32.4 Å². The Morgan fingerprint density at radius 2 is 1.76 bits per heavy atom. The van der Waals surface area contributed by atoms with Crippen LogP contribution in [0.25, 0.3) is 11.3 Å². The average Bonchev–Trinajstić information content (AvgIpc) is 3.38. The molecule has 1 aromatic heterocycles. The number of carbonyl (C=O) groups excluding carboxylic acids is 2. The maximum atomic E-state index is 12.8. The van der Waals surface area contributed by atoms with Gasteiger partial charge in [0.15, 0.2) is 5.76 Å². The number of amides is 2. The Balaban J connectivity index is 1.43. The Labute approximate surface area is 225 Å². The van der Waals surface area contributed by atoms with E-state index in [9.17, 15) is 19.7 Å². The summed E-state index contributed by atoms with van der Waals surface area (Å²) in [6, 6.07) is 12.6. The summed E-state index contributed by atoms with van der Waals surface area (Å²) in [5.41, 5.74) is 0.902. The number of rotatable bonds is 6. The van der Waals surface area contributed by atoms with Crippen molar-refractivity contribution in [3.63, 3.8) is 0 Å². The van der Waals surface area contributed by atoms with Gasteiger partial charge in [0.05, 0.1) is 34.4 Å². The number of nitrogens with one attached hydrogen (secondary N) is 1. The van der Waals surface area contributed by atoms with E-state index in [1.807, 2.05) is 31.7 Å². The number of piperazine rings is 1. The third-order valence-corrected chi connectivity index (χ3v) is 6.55. The van der Waals surface area contributed by atoms with Crippen LogP contribution in [0.3, 0.4) is 0 Å². The minimum absolute atomic E-state index is 0.00930. The van der Waals surface area contributed by atoms with Crippen LogP contribution in [0.4, 0.5) is 17.1 Å². The van der Waals surface area contributed by atoms with Crippen molar-refractivity contribution < 1.29 is 23.7 Å². The molecule has 2 amide bonds. The van der Waals surface area contributed by atoms with Gasteiger partial charge in [0.25, 0.3) is 11.6 Å². The van der Waals surface area contributed by atoms with Crippen LogP contribution in [0.5, 0.6) is 5.75 Å². The number of furan rings is 1. The molecule has 4 rings (SSSR count). The molecule has 1 aliphatic rings. The number of halogens is 1. The molecule has 0 spiro atoms. The van der Waals surface area contributed by atoms with E-state index in [2.05, 4.69) is 10.2 Å². The first-order chi connectivity index (χ1) is 18.0. The Morgan fingerprint density at radius 3 is 2.37 bits per heavy atom. The summed E-state index contributed by atoms with van der Waals surface area (Å²) in [5.74, 6) is 0.118. The van der Waals surface area contributed by atoms with E-state index < -0.39 is 16.2 Å². The maximum Gasteiger partial charge on any atom is 0.291 e. The van der Waals surface area contributed by atoms with E-state index >= 15 is 0 Å². The zero-order chi connectivity index (χ0) is 27.6. The van der Waals surface area contributed by atoms with E-state index in [0.717, 1.165) is 5.69 Å². The quantitative estimate of drug-likeness (QED) is 0.325. The molecule has 11 heteroatoms. The molecule has 1 aliphatic heterocycles. The molecule has 1 N–H and O–H groups in total. The summed E-state index contributed by atoms with van der Waals surface area (Å²) in [4.78, 5) is 40.3. The highest BCUT2D eigenvalue weighted by Crippen LogP contribution is 2.35. The van der Waals surface area contributed by atoms with Crippen LogP contribution in [-0.4, -0.2) is 54.9 Å². The van der Waals surface area contributed by atoms with Gasteiger partial charge in [0, 0.05) is 37.3 Å². The van der Waals surface area contributed by atoms with E-state index in [1.54, 1.807) is 18.2 Å². The zero-order valence-electron chi connectivity index (χ0n) is 21.6. The van der Waals surface area contributed by atoms with Gasteiger partial charge in [-0.2, -0.15) is 0 Å². The first-order valence-corrected chi connectivity index (χ1v) is 12.4. The molecule has 2 heterocycles. The molecule has 2 aromatic carbocycles. The third-order valence-electron chi connectivity index (χ3n) is 6.25. The Bertz CT molecular complexity index is 1370. The second-order valence-corrected chi connectivity index (χ2v) is 10.4. The summed E-state index contributed by atoms with van der Waals surface area (Å²) in [5, 5.41) is 14.7. The van der Waals surface area contributed by atoms with Crippen molar-refractivity contribution in [2.24, 2.45) is 5.41 Å². The number of benzene rings is 2. The summed E-state index contributed by atoms with van der Waals surface area (Å²) >= 11 is 6.55. The summed E-state index contributed by atoms with van der Waals surface area (Å²) < 4.78 is 10.7. The largest absolute Gasteiger partial charge is 0.497 e. The van der Waals surface area contributed by atoms with Crippen molar-refractivity contribution in [3.8, 4) is 17.1 Å². The lowest BCUT2D eigenvalue weighted by Crippen LogP contribution is -2.51. The van der Waals surface area contributed by atoms with Crippen molar-refractivity contribution in [1.29, 1.82) is 0 Å². The lowest BCUT2D eigenvalue weighted by atomic mass is 9.94. The minimum Gasteiger partial charge on any atom is -0.497 e. The first kappa shape index (κ1) is 27.0. The molecule has 1 saturated heterocycles. The van der Waals surface area contributed by atoms with Gasteiger partial charge in [-0.25, -0.2) is 0 Å². The molecule has 200 valence electrons. The van der Waals surface area contributed by atoms with Crippen LogP contribution in [-0.2, 0) is 4.79 Å². The first-order valence-electron chi connectivity index (χ1n) is 12.1. The van der Waals surface area contributed by atoms with Crippen LogP contribution >= 0.6 is 11.6 Å². The van der Waals surface area contributed by atoms with Gasteiger partial charge in [-0.15, -0.1) is 0 Å². The van der Waals surface area contributed by atoms with Crippen LogP contribution in [0.15, 0.2) is 52.9 Å². The highest BCUT2D eigenvalue weighted by Gasteiger charge is 2.30. The molecule has 0 atom stereocenters. The second kappa shape index (κ2) is 10.7. The number of hydrogen-bond donors (Lipinski definition) is 1. The predicted octanol–water partition coefficient (Wildman–Crippen LogP) is 5.46. The number of anilines is 2. The van der Waals surface area contributed by atoms with Gasteiger partial charge >= 0.3 is 0 Å². The summed E-state index contributed by atoms with van der Waals surface area (Å²) in [7, 11) is 1.42. The Kier molecular flexibility index (Phi) is 7.63. The van der Waals surface area contributed by atoms with Gasteiger partial charge in [-0.3, -0.25) is 19.7 Å². The van der Waals surface area contributed by atoms with Crippen molar-refractivity contribution in [3.05, 3.63) is 69.4 Å². The molecule has 0 saturated carbocycles. The SMILES string of the molecule is COc1ccc(-c2ccc(C(=O)Nc3ccc(N4CCN(C(=O)C(C)(C)C)CC4)c(Cl)c3)o2)c([N+](=O)[O-])c1. The van der Waals surface area contributed by atoms with Crippen molar-refractivity contribution in [2.75, 3.05) is 43.5 Å². The molecule has 38 heavy (non-hydrogen) atoms. The number of carbonyl (C=O) groups is 2. The smallest absolute Gasteiger partial charge is 0.291 e. The number of hydrogen-bond acceptors (Lipinski definition) is 7. The maximum absolute atomic E-state index is 12.8. The van der Waals surface area contributed by atoms with Gasteiger partial charge < -0.3 is 24.3 Å². The highest BCUT2D eigenvalue weighted by molar-refractivity contribution is 6.33. The molecule has 0 unspecified atom stereocenters. The fourth-order valence-electron chi connectivity index (χ4n) is 4.26. The number of nitrogens with zero attached hydrogens (tertiary/aromatic N) is 3. The normalized spacial score (nSPS) is 13.8. The third kappa shape index (κ3) is 5.75. The van der Waals surface area contributed by atoms with Crippen molar-refractivity contribution >= 4 is 40.5 Å². The van der Waals surface area contributed by atoms with Gasteiger partial charge in [0.2, 0.25) is 5.91 Å². The number of nitro groups is 1. The topological polar surface area (TPSA) is 118 Å². The monoisotopic (exact) mass is 540 g/mol. The molecular formula is C27H29ClN4O6. The van der Waals surface area contributed by atoms with Gasteiger partial charge in [-0.05, 0) is 42.5 Å². The van der Waals surface area contributed by atoms with Crippen molar-refractivity contribution in [1.82, 2.24) is 4.90 Å². The predicted molar refractivity (Wildman–Crippen MR) is 145 cm³/mol. The summed E-state index contributed by atoms with van der Waals surface area (Å²) in [6.07, 6.45) is 0. The van der Waals surface area contributed by atoms with E-state index in [0.29, 0.717) is 42.6 Å². The second-order valence-electron chi connectivity index (χ2n) is 9.95. The Hall–Kier alpha value is -4.05. The van der Waals surface area contributed by atoms with E-state index in [4.69, 9.17) is 20.8 Å². The standard InChI is InChI=1S/C27H29ClN4O6/c1-27(2,3)26(34)31-13-11-30(12-14-31)21-8-5-17(15-20(21)28)29-25(33)24-10-9-23(38-24)19-7-6-18(37-4)16-22(19)32(35)36/h5-10,15-16H,11-14H2,1-4H3,(H,29,33). The zero-order valence-corrected chi connectivity index (χ0v) is 22.4. The van der Waals surface area contributed by atoms with Gasteiger partial charge in [0.1, 0.15) is 11.5 Å². The highest BCUT2D eigenvalue weighted by atomic mass is 35.5. The van der Waals surface area contributed by atoms with E-state index in [1.165, 1.54) is 31.4 Å². The lowest BCUT2D eigenvalue weighted by Gasteiger charge is -2.39. The van der Waals surface area contributed by atoms with Crippen LogP contribution < -0.4 is 15.0 Å².